The second kappa shape index (κ2) is 6.10. The molecule has 0 aliphatic carbocycles. The number of thioether (sulfide) groups is 1. The number of nitrogens with two attached hydrogens (primary N) is 1. The maximum absolute atomic E-state index is 12.0. The molecule has 3 N–H and O–H groups in total. The van der Waals surface area contributed by atoms with Crippen molar-refractivity contribution in [3.05, 3.63) is 6.07 Å². The minimum Gasteiger partial charge on any atom is -0.383 e. The number of nitrogen functional groups attached to an aromatic ring is 1. The quantitative estimate of drug-likeness (QED) is 0.632. The average molecular weight is 281 g/mol. The number of likely N-dealkylation sites (N-methyl/N-ethyl adjacent to an activating group) is 1. The Morgan fingerprint density at radius 3 is 3.00 bits per heavy atom. The van der Waals surface area contributed by atoms with Gasteiger partial charge in [0.15, 0.2) is 5.16 Å². The summed E-state index contributed by atoms with van der Waals surface area (Å²) in [7, 11) is 1.66. The third-order valence-electron chi connectivity index (χ3n) is 3.24. The first-order chi connectivity index (χ1) is 9.15. The van der Waals surface area contributed by atoms with Crippen LogP contribution in [0, 0.1) is 0 Å². The van der Waals surface area contributed by atoms with E-state index in [9.17, 15) is 4.79 Å². The molecule has 1 atom stereocenters. The number of carbonyl (C=O) groups excluding carboxylic acids is 1. The van der Waals surface area contributed by atoms with Gasteiger partial charge in [0.25, 0.3) is 0 Å². The van der Waals surface area contributed by atoms with Gasteiger partial charge in [0.2, 0.25) is 5.91 Å². The van der Waals surface area contributed by atoms with E-state index in [1.807, 2.05) is 11.2 Å². The van der Waals surface area contributed by atoms with Gasteiger partial charge in [-0.2, -0.15) is 0 Å². The van der Waals surface area contributed by atoms with Crippen LogP contribution in [0.5, 0.6) is 0 Å². The number of aromatic nitrogens is 2. The minimum absolute atomic E-state index is 0.0302. The Kier molecular flexibility index (Phi) is 4.47. The lowest BCUT2D eigenvalue weighted by Crippen LogP contribution is -2.49. The molecular weight excluding hydrogens is 262 g/mol. The number of amides is 1. The van der Waals surface area contributed by atoms with Crippen molar-refractivity contribution in [2.24, 2.45) is 0 Å². The van der Waals surface area contributed by atoms with E-state index < -0.39 is 0 Å². The van der Waals surface area contributed by atoms with E-state index in [1.54, 1.807) is 13.1 Å². The zero-order chi connectivity index (χ0) is 13.8. The van der Waals surface area contributed by atoms with Gasteiger partial charge in [-0.3, -0.25) is 4.79 Å². The molecule has 1 aromatic rings. The van der Waals surface area contributed by atoms with E-state index in [-0.39, 0.29) is 11.9 Å². The van der Waals surface area contributed by atoms with Gasteiger partial charge in [-0.15, -0.1) is 0 Å². The summed E-state index contributed by atoms with van der Waals surface area (Å²) < 4.78 is 0. The molecule has 1 unspecified atom stereocenters. The van der Waals surface area contributed by atoms with E-state index >= 15 is 0 Å². The van der Waals surface area contributed by atoms with Crippen LogP contribution in [0.1, 0.15) is 19.3 Å². The topological polar surface area (TPSA) is 84.1 Å². The van der Waals surface area contributed by atoms with E-state index in [0.717, 1.165) is 31.6 Å². The van der Waals surface area contributed by atoms with Crippen molar-refractivity contribution in [2.75, 3.05) is 30.5 Å². The first-order valence-electron chi connectivity index (χ1n) is 6.32. The number of nitrogens with zero attached hydrogens (tertiary/aromatic N) is 3. The predicted molar refractivity (Wildman–Crippen MR) is 77.3 cm³/mol. The van der Waals surface area contributed by atoms with Gasteiger partial charge in [0.05, 0.1) is 0 Å². The summed E-state index contributed by atoms with van der Waals surface area (Å²) in [4.78, 5) is 22.6. The summed E-state index contributed by atoms with van der Waals surface area (Å²) in [6.07, 6.45) is 4.87. The molecule has 0 bridgehead atoms. The molecule has 0 spiro atoms. The average Bonchev–Trinajstić information content (AvgIpc) is 2.45. The van der Waals surface area contributed by atoms with Crippen molar-refractivity contribution in [1.82, 2.24) is 15.3 Å². The van der Waals surface area contributed by atoms with Crippen LogP contribution in [-0.4, -0.2) is 41.8 Å². The molecule has 2 rings (SSSR count). The molecule has 19 heavy (non-hydrogen) atoms. The van der Waals surface area contributed by atoms with Crippen LogP contribution in [0.15, 0.2) is 11.2 Å². The van der Waals surface area contributed by atoms with Crippen LogP contribution in [0.4, 0.5) is 11.6 Å². The fraction of sp³-hybridized carbons (Fsp3) is 0.583. The maximum Gasteiger partial charge on any atom is 0.242 e. The Balaban J connectivity index is 2.31. The Morgan fingerprint density at radius 1 is 1.53 bits per heavy atom. The highest BCUT2D eigenvalue weighted by molar-refractivity contribution is 7.98. The van der Waals surface area contributed by atoms with Gasteiger partial charge in [0.1, 0.15) is 17.7 Å². The van der Waals surface area contributed by atoms with E-state index in [2.05, 4.69) is 15.3 Å². The van der Waals surface area contributed by atoms with Crippen molar-refractivity contribution >= 4 is 29.3 Å². The van der Waals surface area contributed by atoms with Crippen LogP contribution < -0.4 is 16.0 Å². The fourth-order valence-corrected chi connectivity index (χ4v) is 2.70. The molecule has 7 heteroatoms. The van der Waals surface area contributed by atoms with Crippen molar-refractivity contribution < 1.29 is 4.79 Å². The number of hydrogen-bond acceptors (Lipinski definition) is 6. The zero-order valence-electron chi connectivity index (χ0n) is 11.2. The summed E-state index contributed by atoms with van der Waals surface area (Å²) in [5, 5.41) is 3.35. The Morgan fingerprint density at radius 2 is 2.32 bits per heavy atom. The Labute approximate surface area is 117 Å². The number of nitrogens with one attached hydrogen (secondary N) is 1. The van der Waals surface area contributed by atoms with Gasteiger partial charge in [-0.1, -0.05) is 11.8 Å². The predicted octanol–water partition coefficient (Wildman–Crippen LogP) is 0.886. The van der Waals surface area contributed by atoms with Gasteiger partial charge >= 0.3 is 0 Å². The lowest BCUT2D eigenvalue weighted by molar-refractivity contribution is -0.122. The number of piperidine rings is 1. The molecule has 1 saturated heterocycles. The highest BCUT2D eigenvalue weighted by Gasteiger charge is 2.29. The van der Waals surface area contributed by atoms with Crippen molar-refractivity contribution in [3.8, 4) is 0 Å². The molecule has 1 aliphatic rings. The molecule has 2 heterocycles. The molecule has 0 aromatic carbocycles. The van der Waals surface area contributed by atoms with Crippen molar-refractivity contribution in [3.63, 3.8) is 0 Å². The fourth-order valence-electron chi connectivity index (χ4n) is 2.31. The highest BCUT2D eigenvalue weighted by Crippen LogP contribution is 2.26. The van der Waals surface area contributed by atoms with Crippen LogP contribution in [0.2, 0.25) is 0 Å². The first-order valence-corrected chi connectivity index (χ1v) is 7.55. The third-order valence-corrected chi connectivity index (χ3v) is 3.79. The molecule has 0 radical (unpaired) electrons. The molecule has 1 aromatic heterocycles. The molecule has 1 amide bonds. The van der Waals surface area contributed by atoms with Crippen LogP contribution >= 0.6 is 11.8 Å². The van der Waals surface area contributed by atoms with Gasteiger partial charge in [0, 0.05) is 19.7 Å². The molecular formula is C12H19N5OS. The number of anilines is 2. The molecule has 104 valence electrons. The Bertz CT molecular complexity index is 467. The SMILES string of the molecule is CNC(=O)C1CCCCN1c1cc(N)nc(SC)n1. The van der Waals surface area contributed by atoms with Crippen molar-refractivity contribution in [1.29, 1.82) is 0 Å². The first kappa shape index (κ1) is 13.9. The smallest absolute Gasteiger partial charge is 0.242 e. The summed E-state index contributed by atoms with van der Waals surface area (Å²) in [5.41, 5.74) is 5.80. The van der Waals surface area contributed by atoms with Crippen molar-refractivity contribution in [2.45, 2.75) is 30.5 Å². The molecule has 1 aliphatic heterocycles. The van der Waals surface area contributed by atoms with Crippen LogP contribution in [0.25, 0.3) is 0 Å². The highest BCUT2D eigenvalue weighted by atomic mass is 32.2. The summed E-state index contributed by atoms with van der Waals surface area (Å²) in [5.74, 6) is 1.21. The molecule has 0 saturated carbocycles. The third kappa shape index (κ3) is 3.09. The van der Waals surface area contributed by atoms with Gasteiger partial charge < -0.3 is 16.0 Å². The van der Waals surface area contributed by atoms with Crippen LogP contribution in [0.3, 0.4) is 0 Å². The summed E-state index contributed by atoms with van der Waals surface area (Å²) >= 11 is 1.45. The van der Waals surface area contributed by atoms with E-state index in [1.165, 1.54) is 11.8 Å². The Hall–Kier alpha value is -1.50. The number of rotatable bonds is 3. The van der Waals surface area contributed by atoms with E-state index in [4.69, 9.17) is 5.73 Å². The largest absolute Gasteiger partial charge is 0.383 e. The zero-order valence-corrected chi connectivity index (χ0v) is 12.0. The maximum atomic E-state index is 12.0. The molecule has 6 nitrogen and oxygen atoms in total. The van der Waals surface area contributed by atoms with Gasteiger partial charge in [-0.05, 0) is 25.5 Å². The summed E-state index contributed by atoms with van der Waals surface area (Å²) in [6.45, 7) is 0.822. The summed E-state index contributed by atoms with van der Waals surface area (Å²) in [6, 6.07) is 1.57. The number of carbonyl (C=O) groups is 1. The lowest BCUT2D eigenvalue weighted by Gasteiger charge is -2.35. The standard InChI is InChI=1S/C12H19N5OS/c1-14-11(18)8-5-3-4-6-17(8)10-7-9(13)15-12(16-10)19-2/h7-8H,3-6H2,1-2H3,(H,14,18)(H2,13,15,16). The second-order valence-electron chi connectivity index (χ2n) is 4.46. The van der Waals surface area contributed by atoms with Crippen LogP contribution in [-0.2, 0) is 4.79 Å². The molecule has 1 fully saturated rings. The van der Waals surface area contributed by atoms with Gasteiger partial charge in [-0.25, -0.2) is 9.97 Å². The van der Waals surface area contributed by atoms with E-state index in [0.29, 0.717) is 11.0 Å². The minimum atomic E-state index is -0.164. The lowest BCUT2D eigenvalue weighted by atomic mass is 10.0. The normalized spacial score (nSPS) is 19.3. The second-order valence-corrected chi connectivity index (χ2v) is 5.23. The number of hydrogen-bond donors (Lipinski definition) is 2. The monoisotopic (exact) mass is 281 g/mol.